The molecular formula is C20H29N5O. The number of nitrogens with zero attached hydrogens (tertiary/aromatic N) is 4. The molecule has 0 aromatic carbocycles. The van der Waals surface area contributed by atoms with E-state index >= 15 is 0 Å². The molecule has 1 aliphatic rings. The molecule has 1 saturated carbocycles. The van der Waals surface area contributed by atoms with E-state index in [2.05, 4.69) is 39.3 Å². The van der Waals surface area contributed by atoms with E-state index in [1.165, 1.54) is 12.8 Å². The summed E-state index contributed by atoms with van der Waals surface area (Å²) in [5.74, 6) is 1.31. The third-order valence-corrected chi connectivity index (χ3v) is 4.88. The zero-order chi connectivity index (χ0) is 18.4. The molecule has 1 aliphatic carbocycles. The number of ether oxygens (including phenoxy) is 1. The normalized spacial score (nSPS) is 20.5. The molecule has 3 rings (SSSR count). The van der Waals surface area contributed by atoms with Crippen LogP contribution in [0.3, 0.4) is 0 Å². The van der Waals surface area contributed by atoms with E-state index < -0.39 is 0 Å². The molecule has 6 nitrogen and oxygen atoms in total. The molecule has 26 heavy (non-hydrogen) atoms. The van der Waals surface area contributed by atoms with Crippen LogP contribution in [0.2, 0.25) is 0 Å². The smallest absolute Gasteiger partial charge is 0.222 e. The van der Waals surface area contributed by atoms with Gasteiger partial charge in [-0.2, -0.15) is 0 Å². The van der Waals surface area contributed by atoms with Crippen LogP contribution in [0.4, 0.5) is 5.95 Å². The number of anilines is 1. The Labute approximate surface area is 156 Å². The monoisotopic (exact) mass is 355 g/mol. The van der Waals surface area contributed by atoms with Gasteiger partial charge in [0.25, 0.3) is 0 Å². The predicted molar refractivity (Wildman–Crippen MR) is 107 cm³/mol. The van der Waals surface area contributed by atoms with E-state index in [-0.39, 0.29) is 1.43 Å². The molecule has 0 aliphatic heterocycles. The van der Waals surface area contributed by atoms with Gasteiger partial charge in [0, 0.05) is 43.2 Å². The predicted octanol–water partition coefficient (Wildman–Crippen LogP) is 3.58. The first-order chi connectivity index (χ1) is 12.7. The number of nitrogens with one attached hydrogen (secondary N) is 1. The molecule has 1 N–H and O–H groups in total. The number of aromatic nitrogens is 3. The molecule has 0 spiro atoms. The van der Waals surface area contributed by atoms with E-state index in [1.807, 2.05) is 36.7 Å². The number of rotatable bonds is 6. The summed E-state index contributed by atoms with van der Waals surface area (Å²) in [6.07, 6.45) is 14.1. The first-order valence-corrected chi connectivity index (χ1v) is 9.08. The van der Waals surface area contributed by atoms with Gasteiger partial charge >= 0.3 is 0 Å². The van der Waals surface area contributed by atoms with Crippen molar-refractivity contribution >= 4 is 18.1 Å². The number of hydrogen-bond acceptors (Lipinski definition) is 6. The highest BCUT2D eigenvalue weighted by molar-refractivity contribution is 5.71. The van der Waals surface area contributed by atoms with Crippen molar-refractivity contribution in [2.45, 2.75) is 37.8 Å². The first kappa shape index (κ1) is 18.3. The van der Waals surface area contributed by atoms with E-state index in [4.69, 9.17) is 4.74 Å². The average molecular weight is 355 g/mol. The van der Waals surface area contributed by atoms with Crippen molar-refractivity contribution in [3.8, 4) is 5.88 Å². The fourth-order valence-electron chi connectivity index (χ4n) is 3.30. The molecule has 0 saturated heterocycles. The molecule has 0 atom stereocenters. The molecule has 0 radical (unpaired) electrons. The first-order valence-electron chi connectivity index (χ1n) is 9.08. The van der Waals surface area contributed by atoms with Crippen LogP contribution < -0.4 is 10.1 Å². The lowest BCUT2D eigenvalue weighted by molar-refractivity contribution is 0.221. The zero-order valence-corrected chi connectivity index (χ0v) is 15.7. The van der Waals surface area contributed by atoms with Crippen LogP contribution in [-0.2, 0) is 0 Å². The lowest BCUT2D eigenvalue weighted by atomic mass is 9.91. The molecule has 1 fully saturated rings. The Balaban J connectivity index is 0.00000261. The molecule has 0 amide bonds. The third-order valence-electron chi connectivity index (χ3n) is 4.88. The van der Waals surface area contributed by atoms with Crippen LogP contribution in [0.15, 0.2) is 30.7 Å². The summed E-state index contributed by atoms with van der Waals surface area (Å²) in [6.45, 7) is 0. The highest BCUT2D eigenvalue weighted by Gasteiger charge is 2.22. The van der Waals surface area contributed by atoms with Gasteiger partial charge in [-0.1, -0.05) is 6.08 Å². The third kappa shape index (κ3) is 4.79. The summed E-state index contributed by atoms with van der Waals surface area (Å²) in [7, 11) is 5.94. The van der Waals surface area contributed by atoms with Gasteiger partial charge in [0.15, 0.2) is 0 Å². The summed E-state index contributed by atoms with van der Waals surface area (Å²) < 4.78 is 5.25. The standard InChI is InChI=1S/C20H27N5O.H2/c1-25(2)18-10-8-17(9-11-18)24-20-22-13-15(14-23-20)6-7-16-5-4-12-21-19(16)26-3;/h4-7,12-14,17-18H,8-11H2,1-3H3,(H,22,23,24);1H/b7-6+;. The molecule has 2 aromatic heterocycles. The van der Waals surface area contributed by atoms with Gasteiger partial charge in [0.05, 0.1) is 7.11 Å². The van der Waals surface area contributed by atoms with Crippen molar-refractivity contribution in [3.05, 3.63) is 41.9 Å². The fraction of sp³-hybridized carbons (Fsp3) is 0.450. The molecular weight excluding hydrogens is 326 g/mol. The summed E-state index contributed by atoms with van der Waals surface area (Å²) in [4.78, 5) is 15.4. The van der Waals surface area contributed by atoms with Crippen LogP contribution >= 0.6 is 0 Å². The van der Waals surface area contributed by atoms with Crippen molar-refractivity contribution < 1.29 is 6.16 Å². The Kier molecular flexibility index (Phi) is 6.17. The largest absolute Gasteiger partial charge is 0.481 e. The lowest BCUT2D eigenvalue weighted by Gasteiger charge is -2.32. The van der Waals surface area contributed by atoms with Crippen LogP contribution in [0.5, 0.6) is 5.88 Å². The van der Waals surface area contributed by atoms with Crippen LogP contribution in [-0.4, -0.2) is 53.1 Å². The van der Waals surface area contributed by atoms with Crippen molar-refractivity contribution in [1.82, 2.24) is 19.9 Å². The highest BCUT2D eigenvalue weighted by Crippen LogP contribution is 2.23. The maximum absolute atomic E-state index is 5.25. The SMILES string of the molecule is COc1ncccc1/C=C/c1cnc(NC2CCC(N(C)C)CC2)nc1.[HH]. The van der Waals surface area contributed by atoms with Gasteiger partial charge in [0.2, 0.25) is 11.8 Å². The minimum atomic E-state index is 0. The highest BCUT2D eigenvalue weighted by atomic mass is 16.5. The number of pyridine rings is 1. The fourth-order valence-corrected chi connectivity index (χ4v) is 3.30. The molecule has 6 heteroatoms. The van der Waals surface area contributed by atoms with E-state index in [9.17, 15) is 0 Å². The maximum Gasteiger partial charge on any atom is 0.222 e. The van der Waals surface area contributed by atoms with Crippen LogP contribution in [0.1, 0.15) is 38.2 Å². The zero-order valence-electron chi connectivity index (χ0n) is 15.7. The van der Waals surface area contributed by atoms with Crippen molar-refractivity contribution in [1.29, 1.82) is 0 Å². The van der Waals surface area contributed by atoms with Gasteiger partial charge in [-0.3, -0.25) is 0 Å². The number of methoxy groups -OCH3 is 1. The Morgan fingerprint density at radius 3 is 2.50 bits per heavy atom. The van der Waals surface area contributed by atoms with Crippen LogP contribution in [0, 0.1) is 0 Å². The average Bonchev–Trinajstić information content (AvgIpc) is 2.68. The minimum Gasteiger partial charge on any atom is -0.481 e. The quantitative estimate of drug-likeness (QED) is 0.854. The Morgan fingerprint density at radius 1 is 1.12 bits per heavy atom. The van der Waals surface area contributed by atoms with Gasteiger partial charge in [-0.25, -0.2) is 15.0 Å². The van der Waals surface area contributed by atoms with Gasteiger partial charge in [-0.05, 0) is 58.0 Å². The molecule has 140 valence electrons. The van der Waals surface area contributed by atoms with E-state index in [0.717, 1.165) is 24.0 Å². The Hall–Kier alpha value is -2.47. The molecule has 0 unspecified atom stereocenters. The van der Waals surface area contributed by atoms with Gasteiger partial charge < -0.3 is 15.0 Å². The molecule has 2 heterocycles. The number of hydrogen-bond donors (Lipinski definition) is 1. The van der Waals surface area contributed by atoms with Crippen LogP contribution in [0.25, 0.3) is 12.2 Å². The van der Waals surface area contributed by atoms with E-state index in [1.54, 1.807) is 13.3 Å². The van der Waals surface area contributed by atoms with Gasteiger partial charge in [-0.15, -0.1) is 0 Å². The Morgan fingerprint density at radius 2 is 1.85 bits per heavy atom. The lowest BCUT2D eigenvalue weighted by Crippen LogP contribution is -2.36. The Bertz CT molecular complexity index is 727. The van der Waals surface area contributed by atoms with Crippen molar-refractivity contribution in [3.63, 3.8) is 0 Å². The topological polar surface area (TPSA) is 63.2 Å². The van der Waals surface area contributed by atoms with E-state index in [0.29, 0.717) is 23.9 Å². The maximum atomic E-state index is 5.25. The second kappa shape index (κ2) is 8.76. The minimum absolute atomic E-state index is 0. The second-order valence-corrected chi connectivity index (χ2v) is 6.89. The molecule has 2 aromatic rings. The van der Waals surface area contributed by atoms with Gasteiger partial charge in [0.1, 0.15) is 0 Å². The summed E-state index contributed by atoms with van der Waals surface area (Å²) in [5.41, 5.74) is 1.87. The van der Waals surface area contributed by atoms with Crippen molar-refractivity contribution in [2.24, 2.45) is 0 Å². The second-order valence-electron chi connectivity index (χ2n) is 6.89. The molecule has 0 bridgehead atoms. The summed E-state index contributed by atoms with van der Waals surface area (Å²) in [5, 5.41) is 3.46. The summed E-state index contributed by atoms with van der Waals surface area (Å²) >= 11 is 0. The summed E-state index contributed by atoms with van der Waals surface area (Å²) in [6, 6.07) is 5.01. The van der Waals surface area contributed by atoms with Crippen molar-refractivity contribution in [2.75, 3.05) is 26.5 Å².